The topological polar surface area (TPSA) is 49.8 Å². The van der Waals surface area contributed by atoms with E-state index >= 15 is 0 Å². The van der Waals surface area contributed by atoms with Gasteiger partial charge in [0, 0.05) is 12.1 Å². The molecule has 4 nitrogen and oxygen atoms in total. The second-order valence-corrected chi connectivity index (χ2v) is 5.86. The predicted octanol–water partition coefficient (Wildman–Crippen LogP) is 3.41. The van der Waals surface area contributed by atoms with Gasteiger partial charge < -0.3 is 9.84 Å². The SMILES string of the molecule is COc1ccccc1-c1ccc(CN2CCC[C@H]2C(=O)O)cc1. The van der Waals surface area contributed by atoms with Crippen LogP contribution in [0, 0.1) is 0 Å². The average Bonchev–Trinajstić information content (AvgIpc) is 3.04. The van der Waals surface area contributed by atoms with Crippen molar-refractivity contribution in [2.24, 2.45) is 0 Å². The van der Waals surface area contributed by atoms with Gasteiger partial charge >= 0.3 is 5.97 Å². The van der Waals surface area contributed by atoms with Crippen molar-refractivity contribution in [3.05, 3.63) is 54.1 Å². The summed E-state index contributed by atoms with van der Waals surface area (Å²) in [5.41, 5.74) is 3.30. The number of hydrogen-bond acceptors (Lipinski definition) is 3. The summed E-state index contributed by atoms with van der Waals surface area (Å²) in [5.74, 6) is 0.138. The monoisotopic (exact) mass is 311 g/mol. The molecule has 23 heavy (non-hydrogen) atoms. The molecular weight excluding hydrogens is 290 g/mol. The summed E-state index contributed by atoms with van der Waals surface area (Å²) in [6, 6.07) is 15.9. The molecule has 2 aromatic rings. The Morgan fingerprint density at radius 3 is 2.65 bits per heavy atom. The largest absolute Gasteiger partial charge is 0.496 e. The highest BCUT2D eigenvalue weighted by molar-refractivity contribution is 5.74. The second kappa shape index (κ2) is 6.84. The molecule has 0 saturated carbocycles. The third-order valence-electron chi connectivity index (χ3n) is 4.41. The van der Waals surface area contributed by atoms with Gasteiger partial charge in [-0.2, -0.15) is 0 Å². The van der Waals surface area contributed by atoms with E-state index in [4.69, 9.17) is 4.74 Å². The Kier molecular flexibility index (Phi) is 4.63. The Bertz CT molecular complexity index is 681. The number of ether oxygens (including phenoxy) is 1. The highest BCUT2D eigenvalue weighted by Gasteiger charge is 2.30. The molecule has 3 rings (SSSR count). The molecule has 1 N–H and O–H groups in total. The minimum Gasteiger partial charge on any atom is -0.496 e. The molecule has 0 amide bonds. The number of carboxylic acids is 1. The molecular formula is C19H21NO3. The van der Waals surface area contributed by atoms with Crippen molar-refractivity contribution in [1.82, 2.24) is 4.90 Å². The molecule has 0 bridgehead atoms. The molecule has 120 valence electrons. The number of rotatable bonds is 5. The van der Waals surface area contributed by atoms with Crippen LogP contribution >= 0.6 is 0 Å². The Labute approximate surface area is 136 Å². The smallest absolute Gasteiger partial charge is 0.320 e. The van der Waals surface area contributed by atoms with Crippen LogP contribution in [0.2, 0.25) is 0 Å². The van der Waals surface area contributed by atoms with E-state index in [1.54, 1.807) is 7.11 Å². The molecule has 1 heterocycles. The van der Waals surface area contributed by atoms with Crippen molar-refractivity contribution in [3.8, 4) is 16.9 Å². The number of nitrogens with zero attached hydrogens (tertiary/aromatic N) is 1. The minimum absolute atomic E-state index is 0.344. The zero-order chi connectivity index (χ0) is 16.2. The molecule has 4 heteroatoms. The van der Waals surface area contributed by atoms with Crippen LogP contribution in [0.4, 0.5) is 0 Å². The lowest BCUT2D eigenvalue weighted by Gasteiger charge is -2.21. The molecule has 1 aliphatic rings. The van der Waals surface area contributed by atoms with Gasteiger partial charge in [-0.05, 0) is 36.6 Å². The third-order valence-corrected chi connectivity index (χ3v) is 4.41. The van der Waals surface area contributed by atoms with E-state index in [-0.39, 0.29) is 6.04 Å². The second-order valence-electron chi connectivity index (χ2n) is 5.86. The number of carboxylic acid groups (broad SMARTS) is 1. The van der Waals surface area contributed by atoms with Gasteiger partial charge in [-0.25, -0.2) is 0 Å². The van der Waals surface area contributed by atoms with Crippen molar-refractivity contribution in [1.29, 1.82) is 0 Å². The van der Waals surface area contributed by atoms with Crippen molar-refractivity contribution >= 4 is 5.97 Å². The number of carbonyl (C=O) groups is 1. The number of likely N-dealkylation sites (tertiary alicyclic amines) is 1. The summed E-state index contributed by atoms with van der Waals surface area (Å²) in [4.78, 5) is 13.3. The van der Waals surface area contributed by atoms with Gasteiger partial charge in [0.15, 0.2) is 0 Å². The van der Waals surface area contributed by atoms with Crippen LogP contribution in [0.5, 0.6) is 5.75 Å². The fourth-order valence-electron chi connectivity index (χ4n) is 3.20. The Morgan fingerprint density at radius 1 is 1.22 bits per heavy atom. The summed E-state index contributed by atoms with van der Waals surface area (Å²) in [5, 5.41) is 9.26. The normalized spacial score (nSPS) is 18.0. The van der Waals surface area contributed by atoms with Gasteiger partial charge in [0.25, 0.3) is 0 Å². The van der Waals surface area contributed by atoms with Crippen LogP contribution in [0.1, 0.15) is 18.4 Å². The summed E-state index contributed by atoms with van der Waals surface area (Å²) in [7, 11) is 1.67. The molecule has 1 aliphatic heterocycles. The van der Waals surface area contributed by atoms with E-state index in [1.807, 2.05) is 29.2 Å². The van der Waals surface area contributed by atoms with E-state index in [0.717, 1.165) is 41.8 Å². The fourth-order valence-corrected chi connectivity index (χ4v) is 3.20. The van der Waals surface area contributed by atoms with Crippen molar-refractivity contribution in [3.63, 3.8) is 0 Å². The van der Waals surface area contributed by atoms with E-state index in [1.165, 1.54) is 0 Å². The van der Waals surface area contributed by atoms with Crippen molar-refractivity contribution < 1.29 is 14.6 Å². The maximum absolute atomic E-state index is 11.3. The fraction of sp³-hybridized carbons (Fsp3) is 0.316. The maximum Gasteiger partial charge on any atom is 0.320 e. The van der Waals surface area contributed by atoms with Crippen LogP contribution in [-0.4, -0.2) is 35.7 Å². The van der Waals surface area contributed by atoms with Gasteiger partial charge in [0.1, 0.15) is 11.8 Å². The molecule has 2 aromatic carbocycles. The molecule has 1 saturated heterocycles. The van der Waals surface area contributed by atoms with E-state index < -0.39 is 5.97 Å². The minimum atomic E-state index is -0.715. The summed E-state index contributed by atoms with van der Waals surface area (Å²) < 4.78 is 5.40. The lowest BCUT2D eigenvalue weighted by atomic mass is 10.0. The van der Waals surface area contributed by atoms with E-state index in [2.05, 4.69) is 24.3 Å². The Balaban J connectivity index is 1.76. The number of para-hydroxylation sites is 1. The molecule has 0 unspecified atom stereocenters. The summed E-state index contributed by atoms with van der Waals surface area (Å²) in [6.07, 6.45) is 1.70. The lowest BCUT2D eigenvalue weighted by molar-refractivity contribution is -0.142. The van der Waals surface area contributed by atoms with Gasteiger partial charge in [0.05, 0.1) is 7.11 Å². The van der Waals surface area contributed by atoms with Crippen LogP contribution in [0.15, 0.2) is 48.5 Å². The van der Waals surface area contributed by atoms with E-state index in [9.17, 15) is 9.90 Å². The predicted molar refractivity (Wildman–Crippen MR) is 89.5 cm³/mol. The third kappa shape index (κ3) is 3.37. The first-order valence-electron chi connectivity index (χ1n) is 7.88. The first-order valence-corrected chi connectivity index (χ1v) is 7.88. The van der Waals surface area contributed by atoms with Gasteiger partial charge in [-0.1, -0.05) is 42.5 Å². The molecule has 0 aromatic heterocycles. The number of hydrogen-bond donors (Lipinski definition) is 1. The molecule has 0 radical (unpaired) electrons. The zero-order valence-electron chi connectivity index (χ0n) is 13.2. The Hall–Kier alpha value is -2.33. The van der Waals surface area contributed by atoms with Crippen LogP contribution in [0.3, 0.4) is 0 Å². The van der Waals surface area contributed by atoms with Crippen LogP contribution in [-0.2, 0) is 11.3 Å². The average molecular weight is 311 g/mol. The van der Waals surface area contributed by atoms with Gasteiger partial charge in [0.2, 0.25) is 0 Å². The van der Waals surface area contributed by atoms with Crippen LogP contribution < -0.4 is 4.74 Å². The highest BCUT2D eigenvalue weighted by Crippen LogP contribution is 2.30. The zero-order valence-corrected chi connectivity index (χ0v) is 13.2. The Morgan fingerprint density at radius 2 is 1.96 bits per heavy atom. The standard InChI is InChI=1S/C19H21NO3/c1-23-18-7-3-2-5-16(18)15-10-8-14(9-11-15)13-20-12-4-6-17(20)19(21)22/h2-3,5,7-11,17H,4,6,12-13H2,1H3,(H,21,22)/t17-/m0/s1. The number of aliphatic carboxylic acids is 1. The van der Waals surface area contributed by atoms with Gasteiger partial charge in [-0.15, -0.1) is 0 Å². The molecule has 1 atom stereocenters. The van der Waals surface area contributed by atoms with Crippen molar-refractivity contribution in [2.75, 3.05) is 13.7 Å². The lowest BCUT2D eigenvalue weighted by Crippen LogP contribution is -2.35. The quantitative estimate of drug-likeness (QED) is 0.919. The molecule has 0 spiro atoms. The van der Waals surface area contributed by atoms with Crippen molar-refractivity contribution in [2.45, 2.75) is 25.4 Å². The first kappa shape index (κ1) is 15.6. The summed E-state index contributed by atoms with van der Waals surface area (Å²) in [6.45, 7) is 1.54. The number of benzene rings is 2. The summed E-state index contributed by atoms with van der Waals surface area (Å²) >= 11 is 0. The highest BCUT2D eigenvalue weighted by atomic mass is 16.5. The van der Waals surface area contributed by atoms with Crippen LogP contribution in [0.25, 0.3) is 11.1 Å². The number of methoxy groups -OCH3 is 1. The molecule has 0 aliphatic carbocycles. The maximum atomic E-state index is 11.3. The van der Waals surface area contributed by atoms with E-state index in [0.29, 0.717) is 6.54 Å². The first-order chi connectivity index (χ1) is 11.2. The van der Waals surface area contributed by atoms with Gasteiger partial charge in [-0.3, -0.25) is 9.69 Å². The molecule has 1 fully saturated rings.